The van der Waals surface area contributed by atoms with Gasteiger partial charge in [0.25, 0.3) is 0 Å². The van der Waals surface area contributed by atoms with Crippen LogP contribution in [0.1, 0.15) is 25.6 Å². The van der Waals surface area contributed by atoms with Gasteiger partial charge in [0, 0.05) is 20.2 Å². The molecule has 2 aromatic rings. The van der Waals surface area contributed by atoms with Crippen LogP contribution in [0, 0.1) is 6.92 Å². The molecule has 0 spiro atoms. The summed E-state index contributed by atoms with van der Waals surface area (Å²) >= 11 is 0. The van der Waals surface area contributed by atoms with Crippen molar-refractivity contribution >= 4 is 11.5 Å². The van der Waals surface area contributed by atoms with Crippen molar-refractivity contribution in [2.45, 2.75) is 32.3 Å². The summed E-state index contributed by atoms with van der Waals surface area (Å²) in [6.45, 7) is 5.77. The van der Waals surface area contributed by atoms with E-state index in [0.29, 0.717) is 0 Å². The second-order valence-electron chi connectivity index (χ2n) is 5.47. The fourth-order valence-electron chi connectivity index (χ4n) is 2.63. The number of fused-ring (bicyclic) bond motifs is 1. The predicted octanol–water partition coefficient (Wildman–Crippen LogP) is 1.44. The van der Waals surface area contributed by atoms with Crippen LogP contribution in [0.3, 0.4) is 0 Å². The fourth-order valence-corrected chi connectivity index (χ4v) is 2.63. The Morgan fingerprint density at radius 1 is 1.42 bits per heavy atom. The van der Waals surface area contributed by atoms with Crippen molar-refractivity contribution in [2.75, 3.05) is 25.1 Å². The largest absolute Gasteiger partial charge is 0.373 e. The maximum atomic E-state index is 5.83. The predicted molar refractivity (Wildman–Crippen MR) is 72.4 cm³/mol. The van der Waals surface area contributed by atoms with Crippen LogP contribution in [-0.2, 0) is 4.74 Å². The van der Waals surface area contributed by atoms with E-state index in [4.69, 9.17) is 4.74 Å². The minimum absolute atomic E-state index is 0.0619. The van der Waals surface area contributed by atoms with E-state index in [1.54, 1.807) is 4.52 Å². The first kappa shape index (κ1) is 12.3. The second kappa shape index (κ2) is 4.45. The van der Waals surface area contributed by atoms with Crippen LogP contribution in [-0.4, -0.2) is 45.6 Å². The fraction of sp³-hybridized carbons (Fsp3) is 0.615. The topological polar surface area (TPSA) is 55.5 Å². The SMILES string of the molecule is Cc1nnc2ccc(N(C)CC3(C)CCCO3)nn12. The molecule has 0 N–H and O–H groups in total. The summed E-state index contributed by atoms with van der Waals surface area (Å²) in [4.78, 5) is 2.13. The van der Waals surface area contributed by atoms with Gasteiger partial charge in [0.05, 0.1) is 5.60 Å². The smallest absolute Gasteiger partial charge is 0.178 e. The zero-order valence-corrected chi connectivity index (χ0v) is 11.6. The van der Waals surface area contributed by atoms with E-state index in [2.05, 4.69) is 27.1 Å². The third-order valence-corrected chi connectivity index (χ3v) is 3.67. The highest BCUT2D eigenvalue weighted by Crippen LogP contribution is 2.27. The first-order valence-corrected chi connectivity index (χ1v) is 6.62. The summed E-state index contributed by atoms with van der Waals surface area (Å²) in [5, 5.41) is 12.6. The Kier molecular flexibility index (Phi) is 2.89. The van der Waals surface area contributed by atoms with Crippen molar-refractivity contribution in [1.29, 1.82) is 0 Å². The number of hydrogen-bond donors (Lipinski definition) is 0. The van der Waals surface area contributed by atoms with E-state index < -0.39 is 0 Å². The van der Waals surface area contributed by atoms with Gasteiger partial charge in [-0.15, -0.1) is 15.3 Å². The van der Waals surface area contributed by atoms with Gasteiger partial charge in [0.1, 0.15) is 5.82 Å². The highest BCUT2D eigenvalue weighted by molar-refractivity contribution is 5.45. The highest BCUT2D eigenvalue weighted by atomic mass is 16.5. The van der Waals surface area contributed by atoms with Crippen molar-refractivity contribution in [1.82, 2.24) is 19.8 Å². The minimum Gasteiger partial charge on any atom is -0.373 e. The van der Waals surface area contributed by atoms with Crippen molar-refractivity contribution in [3.8, 4) is 0 Å². The monoisotopic (exact) mass is 261 g/mol. The van der Waals surface area contributed by atoms with Gasteiger partial charge in [0.15, 0.2) is 11.5 Å². The summed E-state index contributed by atoms with van der Waals surface area (Å²) in [5.41, 5.74) is 0.714. The zero-order chi connectivity index (χ0) is 13.5. The molecule has 102 valence electrons. The van der Waals surface area contributed by atoms with E-state index >= 15 is 0 Å². The molecule has 6 nitrogen and oxygen atoms in total. The van der Waals surface area contributed by atoms with E-state index in [9.17, 15) is 0 Å². The molecular weight excluding hydrogens is 242 g/mol. The standard InChI is InChI=1S/C13H19N5O/c1-10-14-15-11-5-6-12(16-18(10)11)17(3)9-13(2)7-4-8-19-13/h5-6H,4,7-9H2,1-3H3. The molecular formula is C13H19N5O. The number of likely N-dealkylation sites (N-methyl/N-ethyl adjacent to an activating group) is 1. The molecule has 6 heteroatoms. The third kappa shape index (κ3) is 2.28. The van der Waals surface area contributed by atoms with Crippen LogP contribution in [0.2, 0.25) is 0 Å². The molecule has 1 aliphatic heterocycles. The van der Waals surface area contributed by atoms with Gasteiger partial charge in [-0.3, -0.25) is 0 Å². The Balaban J connectivity index is 1.84. The van der Waals surface area contributed by atoms with E-state index in [-0.39, 0.29) is 5.60 Å². The number of anilines is 1. The molecule has 0 saturated carbocycles. The Bertz CT molecular complexity index is 588. The van der Waals surface area contributed by atoms with Gasteiger partial charge < -0.3 is 9.64 Å². The summed E-state index contributed by atoms with van der Waals surface area (Å²) in [5.74, 6) is 1.71. The van der Waals surface area contributed by atoms with Crippen molar-refractivity contribution in [3.63, 3.8) is 0 Å². The number of aryl methyl sites for hydroxylation is 1. The molecule has 0 amide bonds. The Morgan fingerprint density at radius 2 is 2.26 bits per heavy atom. The Labute approximate surface area is 112 Å². The zero-order valence-electron chi connectivity index (χ0n) is 11.6. The summed E-state index contributed by atoms with van der Waals surface area (Å²) in [6.07, 6.45) is 2.24. The van der Waals surface area contributed by atoms with Gasteiger partial charge in [-0.25, -0.2) is 0 Å². The lowest BCUT2D eigenvalue weighted by Crippen LogP contribution is -2.39. The van der Waals surface area contributed by atoms with Crippen molar-refractivity contribution < 1.29 is 4.74 Å². The second-order valence-corrected chi connectivity index (χ2v) is 5.47. The van der Waals surface area contributed by atoms with Crippen molar-refractivity contribution in [2.24, 2.45) is 0 Å². The molecule has 0 aliphatic carbocycles. The number of ether oxygens (including phenoxy) is 1. The lowest BCUT2D eigenvalue weighted by atomic mass is 10.0. The van der Waals surface area contributed by atoms with Crippen LogP contribution in [0.4, 0.5) is 5.82 Å². The Morgan fingerprint density at radius 3 is 3.00 bits per heavy atom. The molecule has 19 heavy (non-hydrogen) atoms. The van der Waals surface area contributed by atoms with Gasteiger partial charge in [-0.2, -0.15) is 4.52 Å². The van der Waals surface area contributed by atoms with E-state index in [1.165, 1.54) is 0 Å². The van der Waals surface area contributed by atoms with Crippen molar-refractivity contribution in [3.05, 3.63) is 18.0 Å². The number of hydrogen-bond acceptors (Lipinski definition) is 5. The Hall–Kier alpha value is -1.69. The molecule has 1 fully saturated rings. The first-order valence-electron chi connectivity index (χ1n) is 6.62. The maximum Gasteiger partial charge on any atom is 0.178 e. The van der Waals surface area contributed by atoms with Gasteiger partial charge >= 0.3 is 0 Å². The lowest BCUT2D eigenvalue weighted by molar-refractivity contribution is 0.0271. The van der Waals surface area contributed by atoms with E-state index in [0.717, 1.165) is 43.3 Å². The minimum atomic E-state index is -0.0619. The molecule has 2 aromatic heterocycles. The summed E-state index contributed by atoms with van der Waals surface area (Å²) < 4.78 is 7.60. The van der Waals surface area contributed by atoms with E-state index in [1.807, 2.05) is 26.1 Å². The summed E-state index contributed by atoms with van der Waals surface area (Å²) in [6, 6.07) is 3.92. The molecule has 1 saturated heterocycles. The molecule has 3 heterocycles. The normalized spacial score (nSPS) is 23.1. The number of rotatable bonds is 3. The molecule has 0 radical (unpaired) electrons. The molecule has 0 bridgehead atoms. The number of aromatic nitrogens is 4. The van der Waals surface area contributed by atoms with Gasteiger partial charge in [0.2, 0.25) is 0 Å². The average molecular weight is 261 g/mol. The molecule has 3 rings (SSSR count). The van der Waals surface area contributed by atoms with Gasteiger partial charge in [-0.1, -0.05) is 0 Å². The average Bonchev–Trinajstić information content (AvgIpc) is 2.96. The lowest BCUT2D eigenvalue weighted by Gasteiger charge is -2.29. The quantitative estimate of drug-likeness (QED) is 0.836. The molecule has 1 atom stereocenters. The molecule has 1 aliphatic rings. The van der Waals surface area contributed by atoms with Crippen LogP contribution >= 0.6 is 0 Å². The number of nitrogens with zero attached hydrogens (tertiary/aromatic N) is 5. The molecule has 1 unspecified atom stereocenters. The highest BCUT2D eigenvalue weighted by Gasteiger charge is 2.31. The summed E-state index contributed by atoms with van der Waals surface area (Å²) in [7, 11) is 2.04. The van der Waals surface area contributed by atoms with Crippen LogP contribution in [0.25, 0.3) is 5.65 Å². The maximum absolute atomic E-state index is 5.83. The third-order valence-electron chi connectivity index (χ3n) is 3.67. The van der Waals surface area contributed by atoms with Crippen LogP contribution in [0.5, 0.6) is 0 Å². The van der Waals surface area contributed by atoms with Gasteiger partial charge in [-0.05, 0) is 38.8 Å². The van der Waals surface area contributed by atoms with Crippen LogP contribution in [0.15, 0.2) is 12.1 Å². The van der Waals surface area contributed by atoms with Crippen LogP contribution < -0.4 is 4.90 Å². The molecule has 0 aromatic carbocycles. The first-order chi connectivity index (χ1) is 9.07.